The Morgan fingerprint density at radius 1 is 0.886 bits per heavy atom. The third-order valence-electron chi connectivity index (χ3n) is 5.21. The van der Waals surface area contributed by atoms with Gasteiger partial charge in [0.15, 0.2) is 0 Å². The number of methoxy groups -OCH3 is 1. The van der Waals surface area contributed by atoms with E-state index in [1.807, 2.05) is 78.9 Å². The number of rotatable bonds is 11. The lowest BCUT2D eigenvalue weighted by atomic mass is 9.96. The summed E-state index contributed by atoms with van der Waals surface area (Å²) >= 11 is 0. The number of oxime groups is 1. The van der Waals surface area contributed by atoms with Gasteiger partial charge in [0.05, 0.1) is 19.4 Å². The first-order valence-corrected chi connectivity index (χ1v) is 11.2. The summed E-state index contributed by atoms with van der Waals surface area (Å²) in [5, 5.41) is 4.08. The molecule has 3 aromatic rings. The van der Waals surface area contributed by atoms with Gasteiger partial charge in [-0.25, -0.2) is 0 Å². The largest absolute Gasteiger partial charge is 0.489 e. The molecular formula is C29H29NO5. The summed E-state index contributed by atoms with van der Waals surface area (Å²) in [4.78, 5) is 16.6. The van der Waals surface area contributed by atoms with Gasteiger partial charge in [-0.1, -0.05) is 65.7 Å². The second-order valence-corrected chi connectivity index (χ2v) is 7.60. The second-order valence-electron chi connectivity index (χ2n) is 7.60. The van der Waals surface area contributed by atoms with Crippen LogP contribution in [0.4, 0.5) is 0 Å². The van der Waals surface area contributed by atoms with Crippen molar-refractivity contribution in [2.75, 3.05) is 20.8 Å². The minimum Gasteiger partial charge on any atom is -0.489 e. The van der Waals surface area contributed by atoms with Crippen LogP contribution in [0.15, 0.2) is 84.0 Å². The zero-order valence-electron chi connectivity index (χ0n) is 20.2. The average Bonchev–Trinajstić information content (AvgIpc) is 2.91. The molecular weight excluding hydrogens is 442 g/mol. The van der Waals surface area contributed by atoms with E-state index in [0.29, 0.717) is 18.9 Å². The van der Waals surface area contributed by atoms with Crippen molar-refractivity contribution in [1.82, 2.24) is 0 Å². The first kappa shape index (κ1) is 25.4. The molecule has 35 heavy (non-hydrogen) atoms. The lowest BCUT2D eigenvalue weighted by Gasteiger charge is -2.12. The zero-order chi connectivity index (χ0) is 24.9. The molecule has 0 aliphatic carbocycles. The number of hydrogen-bond acceptors (Lipinski definition) is 6. The van der Waals surface area contributed by atoms with Crippen molar-refractivity contribution in [1.29, 1.82) is 0 Å². The molecule has 3 aromatic carbocycles. The van der Waals surface area contributed by atoms with Crippen LogP contribution in [0.2, 0.25) is 0 Å². The van der Waals surface area contributed by atoms with E-state index >= 15 is 0 Å². The van der Waals surface area contributed by atoms with Crippen LogP contribution in [-0.4, -0.2) is 32.5 Å². The number of carbonyl (C=O) groups is 1. The first-order chi connectivity index (χ1) is 17.1. The van der Waals surface area contributed by atoms with Gasteiger partial charge in [-0.3, -0.25) is 4.79 Å². The summed E-state index contributed by atoms with van der Waals surface area (Å²) in [6.45, 7) is 2.47. The Morgan fingerprint density at radius 2 is 1.54 bits per heavy atom. The Hall–Kier alpha value is -4.24. The Labute approximate surface area is 206 Å². The number of ether oxygens (including phenoxy) is 3. The van der Waals surface area contributed by atoms with Crippen molar-refractivity contribution in [3.63, 3.8) is 0 Å². The fourth-order valence-electron chi connectivity index (χ4n) is 3.38. The van der Waals surface area contributed by atoms with E-state index in [0.717, 1.165) is 28.2 Å². The molecule has 1 atom stereocenters. The molecule has 1 unspecified atom stereocenters. The lowest BCUT2D eigenvalue weighted by Crippen LogP contribution is -2.13. The maximum atomic E-state index is 11.7. The van der Waals surface area contributed by atoms with Crippen molar-refractivity contribution in [3.05, 3.63) is 95.6 Å². The molecule has 0 amide bonds. The highest BCUT2D eigenvalue weighted by Crippen LogP contribution is 2.23. The van der Waals surface area contributed by atoms with E-state index in [4.69, 9.17) is 19.0 Å². The molecule has 0 bridgehead atoms. The van der Waals surface area contributed by atoms with Gasteiger partial charge in [0.1, 0.15) is 37.5 Å². The van der Waals surface area contributed by atoms with Gasteiger partial charge in [-0.2, -0.15) is 0 Å². The zero-order valence-corrected chi connectivity index (χ0v) is 20.2. The van der Waals surface area contributed by atoms with E-state index in [9.17, 15) is 4.79 Å². The summed E-state index contributed by atoms with van der Waals surface area (Å²) in [5.41, 5.74) is 3.62. The highest BCUT2D eigenvalue weighted by atomic mass is 16.6. The number of hydrogen-bond donors (Lipinski definition) is 0. The molecule has 6 heteroatoms. The normalized spacial score (nSPS) is 11.6. The van der Waals surface area contributed by atoms with Crippen LogP contribution >= 0.6 is 0 Å². The molecule has 0 aliphatic rings. The molecule has 0 aliphatic heterocycles. The van der Waals surface area contributed by atoms with E-state index < -0.39 is 0 Å². The average molecular weight is 472 g/mol. The van der Waals surface area contributed by atoms with Crippen LogP contribution in [-0.2, 0) is 21.0 Å². The van der Waals surface area contributed by atoms with E-state index in [1.54, 1.807) is 6.92 Å². The highest BCUT2D eigenvalue weighted by Gasteiger charge is 2.14. The predicted octanol–water partition coefficient (Wildman–Crippen LogP) is 5.37. The molecule has 0 spiro atoms. The van der Waals surface area contributed by atoms with E-state index in [2.05, 4.69) is 17.0 Å². The number of carbonyl (C=O) groups excluding carboxylic acids is 1. The van der Waals surface area contributed by atoms with Gasteiger partial charge in [0.2, 0.25) is 0 Å². The molecule has 180 valence electrons. The van der Waals surface area contributed by atoms with Crippen LogP contribution in [0, 0.1) is 11.8 Å². The van der Waals surface area contributed by atoms with Crippen LogP contribution < -0.4 is 9.47 Å². The molecule has 3 rings (SSSR count). The standard InChI is InChI=1S/C29H29NO5/c1-4-8-25(19-29(31)32-2)23-13-17-27(18-14-23)34-20-22-11-15-26(16-12-22)35-21-28(30-33-3)24-9-6-5-7-10-24/h5-7,9-18,25H,19-21H2,1-3H3. The number of nitrogens with zero attached hydrogens (tertiary/aromatic N) is 1. The summed E-state index contributed by atoms with van der Waals surface area (Å²) in [6.07, 6.45) is 0.218. The lowest BCUT2D eigenvalue weighted by molar-refractivity contribution is -0.140. The van der Waals surface area contributed by atoms with Crippen LogP contribution in [0.1, 0.15) is 36.0 Å². The SMILES string of the molecule is CC#CC(CC(=O)OC)c1ccc(OCc2ccc(OCC(=NOC)c3ccccc3)cc2)cc1. The van der Waals surface area contributed by atoms with Crippen molar-refractivity contribution in [2.24, 2.45) is 5.16 Å². The molecule has 0 N–H and O–H groups in total. The molecule has 0 fully saturated rings. The molecule has 0 aromatic heterocycles. The van der Waals surface area contributed by atoms with Crippen LogP contribution in [0.25, 0.3) is 0 Å². The van der Waals surface area contributed by atoms with E-state index in [1.165, 1.54) is 14.2 Å². The molecule has 0 saturated heterocycles. The van der Waals surface area contributed by atoms with Crippen LogP contribution in [0.5, 0.6) is 11.5 Å². The number of esters is 1. The van der Waals surface area contributed by atoms with Crippen molar-refractivity contribution in [3.8, 4) is 23.3 Å². The number of benzene rings is 3. The van der Waals surface area contributed by atoms with Crippen molar-refractivity contribution < 1.29 is 23.8 Å². The minimum atomic E-state index is -0.284. The summed E-state index contributed by atoms with van der Waals surface area (Å²) < 4.78 is 16.6. The molecule has 6 nitrogen and oxygen atoms in total. The fourth-order valence-corrected chi connectivity index (χ4v) is 3.38. The highest BCUT2D eigenvalue weighted by molar-refractivity contribution is 6.01. The van der Waals surface area contributed by atoms with E-state index in [-0.39, 0.29) is 18.3 Å². The Morgan fingerprint density at radius 3 is 2.17 bits per heavy atom. The third kappa shape index (κ3) is 7.94. The summed E-state index contributed by atoms with van der Waals surface area (Å²) in [6, 6.07) is 25.1. The predicted molar refractivity (Wildman–Crippen MR) is 136 cm³/mol. The Balaban J connectivity index is 1.54. The Bertz CT molecular complexity index is 1160. The molecule has 0 heterocycles. The topological polar surface area (TPSA) is 66.4 Å². The first-order valence-electron chi connectivity index (χ1n) is 11.2. The summed E-state index contributed by atoms with van der Waals surface area (Å²) in [7, 11) is 2.90. The third-order valence-corrected chi connectivity index (χ3v) is 5.21. The maximum Gasteiger partial charge on any atom is 0.307 e. The van der Waals surface area contributed by atoms with Gasteiger partial charge < -0.3 is 19.0 Å². The molecule has 0 saturated carbocycles. The van der Waals surface area contributed by atoms with Gasteiger partial charge in [0, 0.05) is 5.56 Å². The van der Waals surface area contributed by atoms with Gasteiger partial charge in [-0.15, -0.1) is 5.92 Å². The van der Waals surface area contributed by atoms with Gasteiger partial charge in [0.25, 0.3) is 0 Å². The Kier molecular flexibility index (Phi) is 9.76. The minimum absolute atomic E-state index is 0.203. The smallest absolute Gasteiger partial charge is 0.307 e. The van der Waals surface area contributed by atoms with Crippen molar-refractivity contribution >= 4 is 11.7 Å². The maximum absolute atomic E-state index is 11.7. The quantitative estimate of drug-likeness (QED) is 0.163. The monoisotopic (exact) mass is 471 g/mol. The van der Waals surface area contributed by atoms with Gasteiger partial charge in [-0.05, 0) is 42.3 Å². The fraction of sp³-hybridized carbons (Fsp3) is 0.241. The van der Waals surface area contributed by atoms with Crippen LogP contribution in [0.3, 0.4) is 0 Å². The second kappa shape index (κ2) is 13.5. The summed E-state index contributed by atoms with van der Waals surface area (Å²) in [5.74, 6) is 6.92. The van der Waals surface area contributed by atoms with Crippen molar-refractivity contribution in [2.45, 2.75) is 25.9 Å². The van der Waals surface area contributed by atoms with Gasteiger partial charge >= 0.3 is 5.97 Å². The molecule has 0 radical (unpaired) electrons.